The van der Waals surface area contributed by atoms with Gasteiger partial charge in [0.1, 0.15) is 0 Å². The Morgan fingerprint density at radius 3 is 2.27 bits per heavy atom. The first kappa shape index (κ1) is 15.5. The minimum atomic E-state index is -0.530. The Labute approximate surface area is 129 Å². The molecule has 4 nitrogen and oxygen atoms in total. The second-order valence-electron chi connectivity index (χ2n) is 4.60. The van der Waals surface area contributed by atoms with E-state index in [0.717, 1.165) is 11.1 Å². The molecule has 4 heteroatoms. The highest BCUT2D eigenvalue weighted by Crippen LogP contribution is 2.20. The van der Waals surface area contributed by atoms with Crippen LogP contribution in [0.1, 0.15) is 6.92 Å². The monoisotopic (exact) mass is 295 g/mol. The molecule has 1 N–H and O–H groups in total. The van der Waals surface area contributed by atoms with Gasteiger partial charge in [-0.1, -0.05) is 48.5 Å². The third-order valence-electron chi connectivity index (χ3n) is 2.92. The van der Waals surface area contributed by atoms with Gasteiger partial charge in [-0.25, -0.2) is 4.79 Å². The molecule has 0 saturated carbocycles. The molecule has 0 heterocycles. The highest BCUT2D eigenvalue weighted by Gasteiger charge is 2.05. The molecular formula is C18H17NO3. The van der Waals surface area contributed by atoms with Gasteiger partial charge in [-0.3, -0.25) is 4.79 Å². The van der Waals surface area contributed by atoms with Crippen molar-refractivity contribution >= 4 is 17.6 Å². The first-order valence-electron chi connectivity index (χ1n) is 6.94. The zero-order chi connectivity index (χ0) is 15.8. The second-order valence-corrected chi connectivity index (χ2v) is 4.60. The van der Waals surface area contributed by atoms with E-state index in [0.29, 0.717) is 5.69 Å². The maximum Gasteiger partial charge on any atom is 0.330 e. The average Bonchev–Trinajstić information content (AvgIpc) is 2.55. The highest BCUT2D eigenvalue weighted by atomic mass is 16.5. The van der Waals surface area contributed by atoms with Gasteiger partial charge in [-0.15, -0.1) is 0 Å². The van der Waals surface area contributed by atoms with Crippen LogP contribution in [0.5, 0.6) is 0 Å². The van der Waals surface area contributed by atoms with E-state index in [1.54, 1.807) is 13.0 Å². The van der Waals surface area contributed by atoms with E-state index >= 15 is 0 Å². The van der Waals surface area contributed by atoms with Gasteiger partial charge in [0.15, 0.2) is 6.61 Å². The molecule has 0 aromatic heterocycles. The fraction of sp³-hybridized carbons (Fsp3) is 0.111. The standard InChI is InChI=1S/C18H17NO3/c1-2-6-18(21)22-13-17(20)19-16-11-9-15(10-12-16)14-7-4-3-5-8-14/h2-12H,13H2,1H3,(H,19,20)/b6-2+. The summed E-state index contributed by atoms with van der Waals surface area (Å²) in [5, 5.41) is 2.68. The van der Waals surface area contributed by atoms with Crippen molar-refractivity contribution in [2.75, 3.05) is 11.9 Å². The number of rotatable bonds is 5. The van der Waals surface area contributed by atoms with Crippen LogP contribution in [0.25, 0.3) is 11.1 Å². The number of benzene rings is 2. The lowest BCUT2D eigenvalue weighted by atomic mass is 10.1. The lowest BCUT2D eigenvalue weighted by molar-refractivity contribution is -0.142. The predicted octanol–water partition coefficient (Wildman–Crippen LogP) is 3.41. The molecule has 22 heavy (non-hydrogen) atoms. The van der Waals surface area contributed by atoms with Gasteiger partial charge >= 0.3 is 5.97 Å². The van der Waals surface area contributed by atoms with Gasteiger partial charge in [-0.2, -0.15) is 0 Å². The molecule has 0 aliphatic carbocycles. The molecule has 0 unspecified atom stereocenters. The van der Waals surface area contributed by atoms with E-state index in [9.17, 15) is 9.59 Å². The number of anilines is 1. The second kappa shape index (κ2) is 7.78. The molecule has 1 amide bonds. The first-order valence-corrected chi connectivity index (χ1v) is 6.94. The van der Waals surface area contributed by atoms with Crippen molar-refractivity contribution in [1.82, 2.24) is 0 Å². The molecule has 2 rings (SSSR count). The number of allylic oxidation sites excluding steroid dienone is 1. The van der Waals surface area contributed by atoms with Gasteiger partial charge in [0.25, 0.3) is 5.91 Å². The zero-order valence-electron chi connectivity index (χ0n) is 12.3. The van der Waals surface area contributed by atoms with Crippen molar-refractivity contribution in [2.24, 2.45) is 0 Å². The number of carbonyl (C=O) groups excluding carboxylic acids is 2. The van der Waals surface area contributed by atoms with E-state index in [1.807, 2.05) is 54.6 Å². The summed E-state index contributed by atoms with van der Waals surface area (Å²) < 4.78 is 4.77. The van der Waals surface area contributed by atoms with Crippen LogP contribution in [-0.2, 0) is 14.3 Å². The smallest absolute Gasteiger partial charge is 0.330 e. The van der Waals surface area contributed by atoms with Crippen molar-refractivity contribution in [2.45, 2.75) is 6.92 Å². The topological polar surface area (TPSA) is 55.4 Å². The number of ether oxygens (including phenoxy) is 1. The Kier molecular flexibility index (Phi) is 5.49. The fourth-order valence-corrected chi connectivity index (χ4v) is 1.89. The van der Waals surface area contributed by atoms with Gasteiger partial charge in [-0.05, 0) is 30.2 Å². The summed E-state index contributed by atoms with van der Waals surface area (Å²) in [4.78, 5) is 22.8. The lowest BCUT2D eigenvalue weighted by Crippen LogP contribution is -2.20. The lowest BCUT2D eigenvalue weighted by Gasteiger charge is -2.07. The summed E-state index contributed by atoms with van der Waals surface area (Å²) >= 11 is 0. The number of nitrogens with one attached hydrogen (secondary N) is 1. The van der Waals surface area contributed by atoms with Crippen molar-refractivity contribution in [1.29, 1.82) is 0 Å². The van der Waals surface area contributed by atoms with Gasteiger partial charge < -0.3 is 10.1 Å². The summed E-state index contributed by atoms with van der Waals surface area (Å²) in [5.41, 5.74) is 2.84. The SMILES string of the molecule is C/C=C/C(=O)OCC(=O)Nc1ccc(-c2ccccc2)cc1. The number of esters is 1. The van der Waals surface area contributed by atoms with Crippen LogP contribution in [0.4, 0.5) is 5.69 Å². The minimum absolute atomic E-state index is 0.302. The molecule has 0 fully saturated rings. The van der Waals surface area contributed by atoms with Gasteiger partial charge in [0.05, 0.1) is 0 Å². The first-order chi connectivity index (χ1) is 10.7. The zero-order valence-corrected chi connectivity index (χ0v) is 12.3. The molecule has 2 aromatic rings. The van der Waals surface area contributed by atoms with E-state index in [2.05, 4.69) is 5.32 Å². The normalized spacial score (nSPS) is 10.4. The Bertz CT molecular complexity index is 660. The van der Waals surface area contributed by atoms with E-state index in [4.69, 9.17) is 4.74 Å². The highest BCUT2D eigenvalue weighted by molar-refractivity contribution is 5.94. The molecule has 2 aromatic carbocycles. The van der Waals surface area contributed by atoms with Crippen LogP contribution in [0.3, 0.4) is 0 Å². The summed E-state index contributed by atoms with van der Waals surface area (Å²) in [6.07, 6.45) is 2.82. The molecule has 0 aliphatic heterocycles. The summed E-state index contributed by atoms with van der Waals surface area (Å²) in [7, 11) is 0. The summed E-state index contributed by atoms with van der Waals surface area (Å²) in [6, 6.07) is 17.4. The summed E-state index contributed by atoms with van der Waals surface area (Å²) in [5.74, 6) is -0.901. The van der Waals surface area contributed by atoms with Crippen LogP contribution in [-0.4, -0.2) is 18.5 Å². The van der Waals surface area contributed by atoms with E-state index in [1.165, 1.54) is 6.08 Å². The molecule has 0 saturated heterocycles. The van der Waals surface area contributed by atoms with Crippen LogP contribution in [0, 0.1) is 0 Å². The number of hydrogen-bond acceptors (Lipinski definition) is 3. The average molecular weight is 295 g/mol. The van der Waals surface area contributed by atoms with Crippen molar-refractivity contribution in [3.63, 3.8) is 0 Å². The van der Waals surface area contributed by atoms with E-state index in [-0.39, 0.29) is 12.5 Å². The quantitative estimate of drug-likeness (QED) is 0.679. The van der Waals surface area contributed by atoms with Gasteiger partial charge in [0.2, 0.25) is 0 Å². The number of amides is 1. The Hall–Kier alpha value is -2.88. The third-order valence-corrected chi connectivity index (χ3v) is 2.92. The van der Waals surface area contributed by atoms with E-state index < -0.39 is 5.97 Å². The van der Waals surface area contributed by atoms with Crippen LogP contribution < -0.4 is 5.32 Å². The Morgan fingerprint density at radius 2 is 1.64 bits per heavy atom. The molecule has 112 valence electrons. The van der Waals surface area contributed by atoms with Crippen molar-refractivity contribution in [3.05, 3.63) is 66.7 Å². The van der Waals surface area contributed by atoms with Gasteiger partial charge in [0, 0.05) is 11.8 Å². The number of hydrogen-bond donors (Lipinski definition) is 1. The molecule has 0 atom stereocenters. The van der Waals surface area contributed by atoms with Crippen molar-refractivity contribution in [3.8, 4) is 11.1 Å². The molecule has 0 bridgehead atoms. The van der Waals surface area contributed by atoms with Crippen LogP contribution in [0.15, 0.2) is 66.7 Å². The fourth-order valence-electron chi connectivity index (χ4n) is 1.89. The molecule has 0 spiro atoms. The number of carbonyl (C=O) groups is 2. The van der Waals surface area contributed by atoms with Crippen molar-refractivity contribution < 1.29 is 14.3 Å². The van der Waals surface area contributed by atoms with Crippen LogP contribution in [0.2, 0.25) is 0 Å². The molecule has 0 aliphatic rings. The third kappa shape index (κ3) is 4.59. The largest absolute Gasteiger partial charge is 0.452 e. The van der Waals surface area contributed by atoms with Crippen LogP contribution >= 0.6 is 0 Å². The molecular weight excluding hydrogens is 278 g/mol. The maximum atomic E-state index is 11.7. The minimum Gasteiger partial charge on any atom is -0.452 e. The Balaban J connectivity index is 1.91. The maximum absolute atomic E-state index is 11.7. The molecule has 0 radical (unpaired) electrons. The predicted molar refractivity (Wildman–Crippen MR) is 86.3 cm³/mol. The Morgan fingerprint density at radius 1 is 1.00 bits per heavy atom. The summed E-state index contributed by atoms with van der Waals surface area (Å²) in [6.45, 7) is 1.40.